The summed E-state index contributed by atoms with van der Waals surface area (Å²) in [5.41, 5.74) is 0.390. The third-order valence-electron chi connectivity index (χ3n) is 4.43. The number of carbonyl (C=O) groups excluding carboxylic acids is 4. The van der Waals surface area contributed by atoms with E-state index < -0.39 is 30.3 Å². The topological polar surface area (TPSA) is 96.0 Å². The molecule has 2 aliphatic rings. The van der Waals surface area contributed by atoms with Gasteiger partial charge >= 0.3 is 17.8 Å². The van der Waals surface area contributed by atoms with Crippen LogP contribution in [0, 0.1) is 0 Å². The quantitative estimate of drug-likeness (QED) is 0.614. The Labute approximate surface area is 160 Å². The van der Waals surface area contributed by atoms with Crippen molar-refractivity contribution in [3.05, 3.63) is 54.6 Å². The second-order valence-corrected chi connectivity index (χ2v) is 6.54. The van der Waals surface area contributed by atoms with Crippen LogP contribution in [0.1, 0.15) is 12.8 Å². The lowest BCUT2D eigenvalue weighted by Crippen LogP contribution is -2.39. The molecule has 1 aliphatic carbocycles. The lowest BCUT2D eigenvalue weighted by atomic mass is 10.2. The van der Waals surface area contributed by atoms with Gasteiger partial charge in [0.1, 0.15) is 12.3 Å². The highest BCUT2D eigenvalue weighted by atomic mass is 16.5. The summed E-state index contributed by atoms with van der Waals surface area (Å²) in [5, 5.41) is 2.63. The fourth-order valence-corrected chi connectivity index (χ4v) is 2.92. The Morgan fingerprint density at radius 3 is 2.36 bits per heavy atom. The van der Waals surface area contributed by atoms with Crippen molar-refractivity contribution in [2.75, 3.05) is 11.9 Å². The summed E-state index contributed by atoms with van der Waals surface area (Å²) in [5.74, 6) is -1.43. The largest absolute Gasteiger partial charge is 0.455 e. The number of ether oxygens (including phenoxy) is 1. The molecule has 2 fully saturated rings. The molecule has 4 rings (SSSR count). The number of para-hydroxylation sites is 3. The number of nitrogens with one attached hydrogen (secondary N) is 1. The van der Waals surface area contributed by atoms with E-state index in [-0.39, 0.29) is 6.04 Å². The van der Waals surface area contributed by atoms with Crippen LogP contribution in [0.4, 0.5) is 10.5 Å². The first-order valence-electron chi connectivity index (χ1n) is 8.85. The molecule has 8 nitrogen and oxygen atoms in total. The normalized spacial score (nSPS) is 16.5. The first kappa shape index (κ1) is 17.7. The van der Waals surface area contributed by atoms with E-state index in [1.807, 2.05) is 18.2 Å². The number of carbonyl (C=O) groups is 4. The molecule has 2 aromatic rings. The van der Waals surface area contributed by atoms with Gasteiger partial charge in [-0.3, -0.25) is 19.3 Å². The molecule has 1 aliphatic heterocycles. The van der Waals surface area contributed by atoms with E-state index in [0.717, 1.165) is 4.90 Å². The second kappa shape index (κ2) is 7.15. The number of benzene rings is 2. The SMILES string of the molecule is O=C(CN1C(=O)C(=O)N(C2CC2)C1=O)Nc1ccccc1Oc1ccccc1. The molecule has 1 heterocycles. The molecule has 0 aromatic heterocycles. The Bertz CT molecular complexity index is 955. The standard InChI is InChI=1S/C20H17N3O5/c24-17(12-22-18(25)19(26)23(20(22)27)13-10-11-13)21-15-8-4-5-9-16(15)28-14-6-2-1-3-7-14/h1-9,13H,10-12H2,(H,21,24). The van der Waals surface area contributed by atoms with Crippen LogP contribution in [-0.4, -0.2) is 46.1 Å². The van der Waals surface area contributed by atoms with Gasteiger partial charge in [0, 0.05) is 6.04 Å². The van der Waals surface area contributed by atoms with Crippen LogP contribution >= 0.6 is 0 Å². The first-order valence-corrected chi connectivity index (χ1v) is 8.85. The van der Waals surface area contributed by atoms with Crippen LogP contribution in [0.5, 0.6) is 11.5 Å². The molecule has 0 bridgehead atoms. The van der Waals surface area contributed by atoms with Crippen molar-refractivity contribution in [1.82, 2.24) is 9.80 Å². The van der Waals surface area contributed by atoms with E-state index in [1.165, 1.54) is 0 Å². The molecule has 1 N–H and O–H groups in total. The van der Waals surface area contributed by atoms with Gasteiger partial charge in [0.05, 0.1) is 5.69 Å². The molecular weight excluding hydrogens is 362 g/mol. The zero-order valence-corrected chi connectivity index (χ0v) is 14.8. The maximum Gasteiger partial charge on any atom is 0.334 e. The van der Waals surface area contributed by atoms with Crippen molar-refractivity contribution in [3.8, 4) is 11.5 Å². The van der Waals surface area contributed by atoms with Crippen LogP contribution < -0.4 is 10.1 Å². The van der Waals surface area contributed by atoms with Crippen molar-refractivity contribution >= 4 is 29.4 Å². The van der Waals surface area contributed by atoms with Gasteiger partial charge in [0.25, 0.3) is 0 Å². The van der Waals surface area contributed by atoms with Crippen LogP contribution in [0.2, 0.25) is 0 Å². The van der Waals surface area contributed by atoms with Crippen LogP contribution in [0.25, 0.3) is 0 Å². The Morgan fingerprint density at radius 2 is 1.64 bits per heavy atom. The van der Waals surface area contributed by atoms with Gasteiger partial charge in [0.2, 0.25) is 5.91 Å². The number of anilines is 1. The number of imide groups is 2. The van der Waals surface area contributed by atoms with Gasteiger partial charge < -0.3 is 10.1 Å². The molecule has 5 amide bonds. The summed E-state index contributed by atoms with van der Waals surface area (Å²) < 4.78 is 5.77. The minimum absolute atomic E-state index is 0.225. The van der Waals surface area contributed by atoms with E-state index in [0.29, 0.717) is 34.9 Å². The average Bonchev–Trinajstić information content (AvgIpc) is 3.50. The van der Waals surface area contributed by atoms with Crippen molar-refractivity contribution < 1.29 is 23.9 Å². The highest BCUT2D eigenvalue weighted by Gasteiger charge is 2.51. The Kier molecular flexibility index (Phi) is 4.52. The molecule has 0 radical (unpaired) electrons. The number of hydrogen-bond acceptors (Lipinski definition) is 5. The van der Waals surface area contributed by atoms with Crippen LogP contribution in [0.15, 0.2) is 54.6 Å². The molecule has 1 saturated heterocycles. The molecule has 142 valence electrons. The maximum atomic E-state index is 12.4. The number of amides is 5. The molecule has 1 saturated carbocycles. The number of nitrogens with zero attached hydrogens (tertiary/aromatic N) is 2. The van der Waals surface area contributed by atoms with Crippen molar-refractivity contribution in [1.29, 1.82) is 0 Å². The first-order chi connectivity index (χ1) is 13.5. The Balaban J connectivity index is 1.45. The molecule has 28 heavy (non-hydrogen) atoms. The third-order valence-corrected chi connectivity index (χ3v) is 4.43. The maximum absolute atomic E-state index is 12.4. The van der Waals surface area contributed by atoms with Gasteiger partial charge in [0.15, 0.2) is 5.75 Å². The van der Waals surface area contributed by atoms with E-state index in [1.54, 1.807) is 36.4 Å². The Morgan fingerprint density at radius 1 is 0.964 bits per heavy atom. The minimum Gasteiger partial charge on any atom is -0.455 e. The summed E-state index contributed by atoms with van der Waals surface area (Å²) in [6, 6.07) is 14.9. The molecule has 0 unspecified atom stereocenters. The van der Waals surface area contributed by atoms with Crippen molar-refractivity contribution in [2.24, 2.45) is 0 Å². The number of rotatable bonds is 6. The second-order valence-electron chi connectivity index (χ2n) is 6.54. The minimum atomic E-state index is -0.971. The smallest absolute Gasteiger partial charge is 0.334 e. The number of hydrogen-bond donors (Lipinski definition) is 1. The van der Waals surface area contributed by atoms with Crippen molar-refractivity contribution in [2.45, 2.75) is 18.9 Å². The summed E-state index contributed by atoms with van der Waals surface area (Å²) >= 11 is 0. The highest BCUT2D eigenvalue weighted by Crippen LogP contribution is 2.31. The lowest BCUT2D eigenvalue weighted by molar-refractivity contribution is -0.143. The predicted octanol–water partition coefficient (Wildman–Crippen LogP) is 2.37. The van der Waals surface area contributed by atoms with Gasteiger partial charge in [-0.25, -0.2) is 9.69 Å². The average molecular weight is 379 g/mol. The summed E-state index contributed by atoms with van der Waals surface area (Å²) in [6.45, 7) is -0.535. The number of urea groups is 1. The predicted molar refractivity (Wildman–Crippen MR) is 98.6 cm³/mol. The molecule has 0 spiro atoms. The zero-order chi connectivity index (χ0) is 19.7. The van der Waals surface area contributed by atoms with E-state index in [2.05, 4.69) is 5.32 Å². The van der Waals surface area contributed by atoms with Crippen molar-refractivity contribution in [3.63, 3.8) is 0 Å². The van der Waals surface area contributed by atoms with Gasteiger partial charge in [-0.15, -0.1) is 0 Å². The molecule has 0 atom stereocenters. The molecule has 8 heteroatoms. The van der Waals surface area contributed by atoms with Gasteiger partial charge in [-0.1, -0.05) is 30.3 Å². The van der Waals surface area contributed by atoms with E-state index in [9.17, 15) is 19.2 Å². The van der Waals surface area contributed by atoms with Crippen LogP contribution in [-0.2, 0) is 14.4 Å². The van der Waals surface area contributed by atoms with Gasteiger partial charge in [-0.2, -0.15) is 0 Å². The molecule has 2 aromatic carbocycles. The Hall–Kier alpha value is -3.68. The monoisotopic (exact) mass is 379 g/mol. The van der Waals surface area contributed by atoms with Crippen LogP contribution in [0.3, 0.4) is 0 Å². The highest BCUT2D eigenvalue weighted by molar-refractivity contribution is 6.45. The van der Waals surface area contributed by atoms with E-state index in [4.69, 9.17) is 4.74 Å². The summed E-state index contributed by atoms with van der Waals surface area (Å²) in [4.78, 5) is 50.4. The zero-order valence-electron chi connectivity index (χ0n) is 14.8. The molecular formula is C20H17N3O5. The van der Waals surface area contributed by atoms with E-state index >= 15 is 0 Å². The van der Waals surface area contributed by atoms with Gasteiger partial charge in [-0.05, 0) is 37.1 Å². The summed E-state index contributed by atoms with van der Waals surface area (Å²) in [6.07, 6.45) is 1.38. The lowest BCUT2D eigenvalue weighted by Gasteiger charge is -2.16. The summed E-state index contributed by atoms with van der Waals surface area (Å²) in [7, 11) is 0. The third kappa shape index (κ3) is 3.44. The fourth-order valence-electron chi connectivity index (χ4n) is 2.92. The fraction of sp³-hybridized carbons (Fsp3) is 0.200.